The average molecular weight is 244 g/mol. The van der Waals surface area contributed by atoms with Gasteiger partial charge in [0.05, 0.1) is 6.61 Å². The second-order valence-corrected chi connectivity index (χ2v) is 4.35. The lowest BCUT2D eigenvalue weighted by molar-refractivity contribution is 0.132. The van der Waals surface area contributed by atoms with Gasteiger partial charge in [0.2, 0.25) is 0 Å². The number of anilines is 1. The second-order valence-electron chi connectivity index (χ2n) is 3.96. The molecule has 4 nitrogen and oxygen atoms in total. The van der Waals surface area contributed by atoms with Crippen molar-refractivity contribution in [3.05, 3.63) is 17.3 Å². The maximum absolute atomic E-state index is 5.62. The zero-order chi connectivity index (χ0) is 11.8. The number of ether oxygens (including phenoxy) is 1. The van der Waals surface area contributed by atoms with Gasteiger partial charge in [-0.05, 0) is 24.5 Å². The van der Waals surface area contributed by atoms with E-state index in [9.17, 15) is 0 Å². The fraction of sp³-hybridized carbons (Fsp3) is 0.636. The molecule has 0 unspecified atom stereocenters. The highest BCUT2D eigenvalue weighted by molar-refractivity contribution is 6.29. The molecule has 1 rings (SSSR count). The van der Waals surface area contributed by atoms with Gasteiger partial charge >= 0.3 is 0 Å². The summed E-state index contributed by atoms with van der Waals surface area (Å²) in [4.78, 5) is 0. The minimum absolute atomic E-state index is 0.402. The maximum Gasteiger partial charge on any atom is 0.151 e. The molecular formula is C11H18ClN3O. The Balaban J connectivity index is 2.05. The number of nitrogens with zero attached hydrogens (tertiary/aromatic N) is 2. The smallest absolute Gasteiger partial charge is 0.151 e. The molecule has 90 valence electrons. The van der Waals surface area contributed by atoms with E-state index in [4.69, 9.17) is 16.3 Å². The Hall–Kier alpha value is -0.870. The summed E-state index contributed by atoms with van der Waals surface area (Å²) >= 11 is 5.62. The van der Waals surface area contributed by atoms with E-state index in [-0.39, 0.29) is 0 Å². The van der Waals surface area contributed by atoms with Crippen LogP contribution in [0.15, 0.2) is 12.1 Å². The Labute approximate surface area is 101 Å². The van der Waals surface area contributed by atoms with Gasteiger partial charge in [0.25, 0.3) is 0 Å². The van der Waals surface area contributed by atoms with Crippen molar-refractivity contribution in [2.75, 3.05) is 25.1 Å². The molecule has 5 heteroatoms. The molecule has 0 saturated carbocycles. The van der Waals surface area contributed by atoms with Crippen molar-refractivity contribution in [1.82, 2.24) is 10.2 Å². The number of aromatic nitrogens is 2. The van der Waals surface area contributed by atoms with Gasteiger partial charge in [-0.1, -0.05) is 25.4 Å². The Morgan fingerprint density at radius 3 is 2.75 bits per heavy atom. The fourth-order valence-electron chi connectivity index (χ4n) is 1.08. The van der Waals surface area contributed by atoms with Crippen molar-refractivity contribution in [2.45, 2.75) is 20.3 Å². The van der Waals surface area contributed by atoms with Crippen LogP contribution in [0, 0.1) is 5.92 Å². The Kier molecular flexibility index (Phi) is 6.11. The molecule has 0 aromatic carbocycles. The van der Waals surface area contributed by atoms with Crippen LogP contribution in [0.25, 0.3) is 0 Å². The fourth-order valence-corrected chi connectivity index (χ4v) is 1.18. The highest BCUT2D eigenvalue weighted by Crippen LogP contribution is 2.05. The van der Waals surface area contributed by atoms with E-state index in [1.165, 1.54) is 0 Å². The summed E-state index contributed by atoms with van der Waals surface area (Å²) in [6, 6.07) is 3.50. The van der Waals surface area contributed by atoms with E-state index in [1.807, 2.05) is 0 Å². The molecule has 0 radical (unpaired) electrons. The third-order valence-corrected chi connectivity index (χ3v) is 2.23. The minimum atomic E-state index is 0.402. The van der Waals surface area contributed by atoms with E-state index >= 15 is 0 Å². The third-order valence-electron chi connectivity index (χ3n) is 2.02. The zero-order valence-corrected chi connectivity index (χ0v) is 10.5. The van der Waals surface area contributed by atoms with Crippen LogP contribution in [0.1, 0.15) is 20.3 Å². The van der Waals surface area contributed by atoms with Crippen molar-refractivity contribution < 1.29 is 4.74 Å². The molecule has 0 aliphatic carbocycles. The van der Waals surface area contributed by atoms with E-state index < -0.39 is 0 Å². The normalized spacial score (nSPS) is 10.8. The van der Waals surface area contributed by atoms with Gasteiger partial charge in [0.15, 0.2) is 5.15 Å². The van der Waals surface area contributed by atoms with E-state index in [0.29, 0.717) is 17.7 Å². The monoisotopic (exact) mass is 243 g/mol. The molecule has 0 aliphatic rings. The average Bonchev–Trinajstić information content (AvgIpc) is 2.25. The molecule has 1 heterocycles. The van der Waals surface area contributed by atoms with Crippen LogP contribution in [0.5, 0.6) is 0 Å². The molecule has 0 amide bonds. The summed E-state index contributed by atoms with van der Waals surface area (Å²) in [5.74, 6) is 1.41. The van der Waals surface area contributed by atoms with Gasteiger partial charge in [0, 0.05) is 13.2 Å². The van der Waals surface area contributed by atoms with Gasteiger partial charge < -0.3 is 10.1 Å². The number of halogens is 1. The molecule has 1 N–H and O–H groups in total. The van der Waals surface area contributed by atoms with Crippen molar-refractivity contribution in [3.63, 3.8) is 0 Å². The summed E-state index contributed by atoms with van der Waals surface area (Å²) in [6.45, 7) is 6.59. The largest absolute Gasteiger partial charge is 0.380 e. The standard InChI is InChI=1S/C11H18ClN3O/c1-9(2)5-7-16-8-6-13-11-4-3-10(12)14-15-11/h3-4,9H,5-8H2,1-2H3,(H,13,15). The Bertz CT molecular complexity index is 290. The molecule has 0 spiro atoms. The van der Waals surface area contributed by atoms with Crippen molar-refractivity contribution >= 4 is 17.4 Å². The quantitative estimate of drug-likeness (QED) is 0.748. The lowest BCUT2D eigenvalue weighted by atomic mass is 10.1. The SMILES string of the molecule is CC(C)CCOCCNc1ccc(Cl)nn1. The second kappa shape index (κ2) is 7.41. The summed E-state index contributed by atoms with van der Waals surface area (Å²) in [6.07, 6.45) is 1.10. The van der Waals surface area contributed by atoms with E-state index in [2.05, 4.69) is 29.4 Å². The molecule has 0 bridgehead atoms. The molecule has 1 aromatic heterocycles. The van der Waals surface area contributed by atoms with Gasteiger partial charge in [-0.2, -0.15) is 0 Å². The molecule has 0 aliphatic heterocycles. The summed E-state index contributed by atoms with van der Waals surface area (Å²) in [5, 5.41) is 11.1. The van der Waals surface area contributed by atoms with Gasteiger partial charge in [0.1, 0.15) is 5.82 Å². The first-order valence-corrected chi connectivity index (χ1v) is 5.87. The highest BCUT2D eigenvalue weighted by Gasteiger charge is 1.96. The van der Waals surface area contributed by atoms with Crippen LogP contribution in [0.2, 0.25) is 5.15 Å². The number of hydrogen-bond acceptors (Lipinski definition) is 4. The number of rotatable bonds is 7. The van der Waals surface area contributed by atoms with Crippen LogP contribution in [0.4, 0.5) is 5.82 Å². The predicted octanol–water partition coefficient (Wildman–Crippen LogP) is 2.60. The lowest BCUT2D eigenvalue weighted by Crippen LogP contribution is -2.11. The first-order chi connectivity index (χ1) is 7.68. The molecular weight excluding hydrogens is 226 g/mol. The third kappa shape index (κ3) is 5.88. The molecule has 0 fully saturated rings. The van der Waals surface area contributed by atoms with Crippen LogP contribution >= 0.6 is 11.6 Å². The number of nitrogens with one attached hydrogen (secondary N) is 1. The van der Waals surface area contributed by atoms with Crippen LogP contribution in [-0.2, 0) is 4.74 Å². The maximum atomic E-state index is 5.62. The minimum Gasteiger partial charge on any atom is -0.380 e. The summed E-state index contributed by atoms with van der Waals surface area (Å²) < 4.78 is 5.45. The molecule has 0 atom stereocenters. The van der Waals surface area contributed by atoms with Gasteiger partial charge in [-0.25, -0.2) is 0 Å². The Morgan fingerprint density at radius 1 is 1.31 bits per heavy atom. The van der Waals surface area contributed by atoms with Crippen molar-refractivity contribution in [1.29, 1.82) is 0 Å². The summed E-state index contributed by atoms with van der Waals surface area (Å²) in [5.41, 5.74) is 0. The van der Waals surface area contributed by atoms with Crippen molar-refractivity contribution in [2.24, 2.45) is 5.92 Å². The Morgan fingerprint density at radius 2 is 2.12 bits per heavy atom. The lowest BCUT2D eigenvalue weighted by Gasteiger charge is -2.07. The van der Waals surface area contributed by atoms with Crippen LogP contribution in [-0.4, -0.2) is 30.0 Å². The van der Waals surface area contributed by atoms with Gasteiger partial charge in [-0.3, -0.25) is 0 Å². The van der Waals surface area contributed by atoms with E-state index in [1.54, 1.807) is 12.1 Å². The molecule has 0 saturated heterocycles. The van der Waals surface area contributed by atoms with Gasteiger partial charge in [-0.15, -0.1) is 10.2 Å². The predicted molar refractivity (Wildman–Crippen MR) is 65.8 cm³/mol. The summed E-state index contributed by atoms with van der Waals surface area (Å²) in [7, 11) is 0. The molecule has 16 heavy (non-hydrogen) atoms. The first kappa shape index (κ1) is 13.2. The zero-order valence-electron chi connectivity index (χ0n) is 9.74. The molecule has 1 aromatic rings. The topological polar surface area (TPSA) is 47.0 Å². The van der Waals surface area contributed by atoms with Crippen LogP contribution in [0.3, 0.4) is 0 Å². The first-order valence-electron chi connectivity index (χ1n) is 5.49. The van der Waals surface area contributed by atoms with Crippen LogP contribution < -0.4 is 5.32 Å². The number of hydrogen-bond donors (Lipinski definition) is 1. The van der Waals surface area contributed by atoms with Crippen molar-refractivity contribution in [3.8, 4) is 0 Å². The highest BCUT2D eigenvalue weighted by atomic mass is 35.5. The van der Waals surface area contributed by atoms with E-state index in [0.717, 1.165) is 25.4 Å².